The highest BCUT2D eigenvalue weighted by Crippen LogP contribution is 2.28. The minimum absolute atomic E-state index is 0.186. The van der Waals surface area contributed by atoms with Crippen LogP contribution >= 0.6 is 0 Å². The quantitative estimate of drug-likeness (QED) is 0.700. The molecule has 2 fully saturated rings. The van der Waals surface area contributed by atoms with Gasteiger partial charge in [-0.25, -0.2) is 14.8 Å². The van der Waals surface area contributed by atoms with Crippen LogP contribution in [0.2, 0.25) is 0 Å². The zero-order valence-corrected chi connectivity index (χ0v) is 17.7. The van der Waals surface area contributed by atoms with Crippen molar-refractivity contribution in [1.29, 1.82) is 0 Å². The number of rotatable bonds is 5. The molecular weight excluding hydrogens is 382 g/mol. The van der Waals surface area contributed by atoms with Gasteiger partial charge in [0.05, 0.1) is 24.9 Å². The van der Waals surface area contributed by atoms with E-state index in [1.807, 2.05) is 30.3 Å². The Morgan fingerprint density at radius 2 is 1.97 bits per heavy atom. The fraction of sp³-hybridized carbons (Fsp3) is 0.500. The number of benzene rings is 1. The van der Waals surface area contributed by atoms with Gasteiger partial charge in [0.15, 0.2) is 5.82 Å². The summed E-state index contributed by atoms with van der Waals surface area (Å²) in [6, 6.07) is 9.58. The van der Waals surface area contributed by atoms with E-state index >= 15 is 0 Å². The van der Waals surface area contributed by atoms with Crippen LogP contribution in [-0.4, -0.2) is 52.9 Å². The monoisotopic (exact) mass is 411 g/mol. The van der Waals surface area contributed by atoms with Crippen LogP contribution < -0.4 is 15.5 Å². The van der Waals surface area contributed by atoms with Crippen LogP contribution in [0.5, 0.6) is 0 Å². The molecule has 1 aliphatic carbocycles. The molecule has 4 rings (SSSR count). The molecule has 1 atom stereocenters. The fourth-order valence-electron chi connectivity index (χ4n) is 3.37. The molecule has 8 heteroatoms. The molecular formula is C22H29N5O3. The van der Waals surface area contributed by atoms with Crippen molar-refractivity contribution in [3.05, 3.63) is 36.0 Å². The summed E-state index contributed by atoms with van der Waals surface area (Å²) in [5.41, 5.74) is 0.992. The van der Waals surface area contributed by atoms with Crippen LogP contribution in [0.25, 0.3) is 11.4 Å². The third-order valence-corrected chi connectivity index (χ3v) is 5.31. The third kappa shape index (κ3) is 4.88. The largest absolute Gasteiger partial charge is 0.384 e. The number of amides is 2. The van der Waals surface area contributed by atoms with Crippen LogP contribution in [0.3, 0.4) is 0 Å². The van der Waals surface area contributed by atoms with Crippen molar-refractivity contribution in [3.63, 3.8) is 0 Å². The lowest BCUT2D eigenvalue weighted by molar-refractivity contribution is 0.0736. The normalized spacial score (nSPS) is 19.5. The summed E-state index contributed by atoms with van der Waals surface area (Å²) in [6.45, 7) is 7.55. The standard InChI is InChI=1S/C22H29N5O3/c1-14-13-30-11-10-27(14)19-12-18(22(2,3)29)25-20(26-19)15-4-6-16(7-5-15)23-21(28)24-17-8-9-17/h4-7,12,14,17,29H,8-11,13H2,1-3H3,(H2,23,24,28)/t14-/m0/s1. The summed E-state index contributed by atoms with van der Waals surface area (Å²) in [5, 5.41) is 16.3. The molecule has 2 aliphatic rings. The van der Waals surface area contributed by atoms with Crippen molar-refractivity contribution in [2.75, 3.05) is 30.0 Å². The van der Waals surface area contributed by atoms with Gasteiger partial charge < -0.3 is 25.4 Å². The number of aromatic nitrogens is 2. The van der Waals surface area contributed by atoms with E-state index in [9.17, 15) is 9.90 Å². The zero-order valence-electron chi connectivity index (χ0n) is 17.7. The lowest BCUT2D eigenvalue weighted by Gasteiger charge is -2.35. The Hall–Kier alpha value is -2.71. The molecule has 1 aliphatic heterocycles. The molecule has 0 bridgehead atoms. The Morgan fingerprint density at radius 3 is 2.60 bits per heavy atom. The smallest absolute Gasteiger partial charge is 0.319 e. The second-order valence-corrected chi connectivity index (χ2v) is 8.56. The van der Waals surface area contributed by atoms with Gasteiger partial charge in [0.25, 0.3) is 0 Å². The van der Waals surface area contributed by atoms with Crippen molar-refractivity contribution < 1.29 is 14.6 Å². The van der Waals surface area contributed by atoms with E-state index in [-0.39, 0.29) is 12.1 Å². The maximum atomic E-state index is 11.9. The molecule has 0 spiro atoms. The van der Waals surface area contributed by atoms with Crippen molar-refractivity contribution in [2.24, 2.45) is 0 Å². The number of carbonyl (C=O) groups is 1. The summed E-state index contributed by atoms with van der Waals surface area (Å²) in [4.78, 5) is 23.5. The molecule has 1 aromatic heterocycles. The minimum atomic E-state index is -1.09. The maximum absolute atomic E-state index is 11.9. The van der Waals surface area contributed by atoms with Gasteiger partial charge in [-0.3, -0.25) is 0 Å². The lowest BCUT2D eigenvalue weighted by Crippen LogP contribution is -2.44. The second kappa shape index (κ2) is 8.20. The highest BCUT2D eigenvalue weighted by atomic mass is 16.5. The van der Waals surface area contributed by atoms with Gasteiger partial charge >= 0.3 is 6.03 Å². The predicted molar refractivity (Wildman–Crippen MR) is 116 cm³/mol. The number of ether oxygens (including phenoxy) is 1. The average molecular weight is 412 g/mol. The number of anilines is 2. The minimum Gasteiger partial charge on any atom is -0.384 e. The Labute approximate surface area is 176 Å². The Kier molecular flexibility index (Phi) is 5.62. The number of nitrogens with zero attached hydrogens (tertiary/aromatic N) is 3. The summed E-state index contributed by atoms with van der Waals surface area (Å²) in [6.07, 6.45) is 2.09. The summed E-state index contributed by atoms with van der Waals surface area (Å²) >= 11 is 0. The summed E-state index contributed by atoms with van der Waals surface area (Å²) in [5.74, 6) is 1.32. The highest BCUT2D eigenvalue weighted by Gasteiger charge is 2.26. The number of aliphatic hydroxyl groups is 1. The summed E-state index contributed by atoms with van der Waals surface area (Å²) in [7, 11) is 0. The van der Waals surface area contributed by atoms with Crippen LogP contribution in [-0.2, 0) is 10.3 Å². The molecule has 0 radical (unpaired) electrons. The van der Waals surface area contributed by atoms with Crippen molar-refractivity contribution in [3.8, 4) is 11.4 Å². The van der Waals surface area contributed by atoms with E-state index < -0.39 is 5.60 Å². The van der Waals surface area contributed by atoms with E-state index in [1.165, 1.54) is 0 Å². The van der Waals surface area contributed by atoms with Gasteiger partial charge in [0, 0.05) is 29.9 Å². The molecule has 3 N–H and O–H groups in total. The van der Waals surface area contributed by atoms with E-state index in [2.05, 4.69) is 27.4 Å². The van der Waals surface area contributed by atoms with E-state index in [1.54, 1.807) is 13.8 Å². The summed E-state index contributed by atoms with van der Waals surface area (Å²) < 4.78 is 5.54. The van der Waals surface area contributed by atoms with Gasteiger partial charge in [-0.15, -0.1) is 0 Å². The van der Waals surface area contributed by atoms with Crippen LogP contribution in [0.1, 0.15) is 39.3 Å². The molecule has 2 aromatic rings. The van der Waals surface area contributed by atoms with Gasteiger partial charge in [-0.05, 0) is 57.9 Å². The molecule has 2 heterocycles. The fourth-order valence-corrected chi connectivity index (χ4v) is 3.37. The van der Waals surface area contributed by atoms with Crippen molar-refractivity contribution >= 4 is 17.5 Å². The number of urea groups is 1. The first kappa shape index (κ1) is 20.6. The highest BCUT2D eigenvalue weighted by molar-refractivity contribution is 5.89. The van der Waals surface area contributed by atoms with Gasteiger partial charge in [0.2, 0.25) is 0 Å². The average Bonchev–Trinajstić information content (AvgIpc) is 3.52. The molecule has 160 valence electrons. The third-order valence-electron chi connectivity index (χ3n) is 5.31. The van der Waals surface area contributed by atoms with Crippen LogP contribution in [0.15, 0.2) is 30.3 Å². The van der Waals surface area contributed by atoms with Gasteiger partial charge in [0.1, 0.15) is 11.4 Å². The number of nitrogens with one attached hydrogen (secondary N) is 2. The Balaban J connectivity index is 1.60. The molecule has 1 saturated heterocycles. The van der Waals surface area contributed by atoms with Gasteiger partial charge in [-0.2, -0.15) is 0 Å². The topological polar surface area (TPSA) is 99.6 Å². The number of hydrogen-bond acceptors (Lipinski definition) is 6. The molecule has 1 aromatic carbocycles. The molecule has 0 unspecified atom stereocenters. The second-order valence-electron chi connectivity index (χ2n) is 8.56. The van der Waals surface area contributed by atoms with Crippen molar-refractivity contribution in [1.82, 2.24) is 15.3 Å². The molecule has 1 saturated carbocycles. The van der Waals surface area contributed by atoms with E-state index in [4.69, 9.17) is 9.72 Å². The zero-order chi connectivity index (χ0) is 21.3. The maximum Gasteiger partial charge on any atom is 0.319 e. The number of carbonyl (C=O) groups excluding carboxylic acids is 1. The van der Waals surface area contributed by atoms with Crippen LogP contribution in [0.4, 0.5) is 16.3 Å². The van der Waals surface area contributed by atoms with E-state index in [0.29, 0.717) is 36.5 Å². The number of hydrogen-bond donors (Lipinski definition) is 3. The lowest BCUT2D eigenvalue weighted by atomic mass is 10.0. The number of morpholine rings is 1. The van der Waals surface area contributed by atoms with Gasteiger partial charge in [-0.1, -0.05) is 0 Å². The molecule has 2 amide bonds. The van der Waals surface area contributed by atoms with E-state index in [0.717, 1.165) is 30.8 Å². The Bertz CT molecular complexity index is 906. The molecule has 8 nitrogen and oxygen atoms in total. The molecule has 30 heavy (non-hydrogen) atoms. The first-order valence-electron chi connectivity index (χ1n) is 10.4. The SMILES string of the molecule is C[C@H]1COCCN1c1cc(C(C)(C)O)nc(-c2ccc(NC(=O)NC3CC3)cc2)n1. The van der Waals surface area contributed by atoms with Crippen molar-refractivity contribution in [2.45, 2.75) is 51.3 Å². The van der Waals surface area contributed by atoms with Crippen LogP contribution in [0, 0.1) is 0 Å². The first-order valence-corrected chi connectivity index (χ1v) is 10.4. The Morgan fingerprint density at radius 1 is 1.23 bits per heavy atom. The first-order chi connectivity index (χ1) is 14.3. The predicted octanol–water partition coefficient (Wildman–Crippen LogP) is 2.88.